The van der Waals surface area contributed by atoms with Gasteiger partial charge in [0.25, 0.3) is 0 Å². The average Bonchev–Trinajstić information content (AvgIpc) is 3.23. The van der Waals surface area contributed by atoms with Crippen molar-refractivity contribution in [3.05, 3.63) is 53.5 Å². The smallest absolute Gasteiger partial charge is 0.229 e. The topological polar surface area (TPSA) is 60.9 Å². The van der Waals surface area contributed by atoms with Crippen LogP contribution in [-0.2, 0) is 16.0 Å². The van der Waals surface area contributed by atoms with E-state index in [0.29, 0.717) is 32.7 Å². The highest BCUT2D eigenvalue weighted by Crippen LogP contribution is 2.38. The second-order valence-electron chi connectivity index (χ2n) is 6.91. The van der Waals surface area contributed by atoms with E-state index < -0.39 is 0 Å². The highest BCUT2D eigenvalue weighted by Gasteiger charge is 2.21. The van der Waals surface area contributed by atoms with E-state index in [9.17, 15) is 4.79 Å². The zero-order valence-electron chi connectivity index (χ0n) is 17.1. The summed E-state index contributed by atoms with van der Waals surface area (Å²) in [6.45, 7) is 2.47. The van der Waals surface area contributed by atoms with Gasteiger partial charge < -0.3 is 19.1 Å². The van der Waals surface area contributed by atoms with Crippen molar-refractivity contribution in [3.63, 3.8) is 0 Å². The molecule has 2 aromatic carbocycles. The third-order valence-electron chi connectivity index (χ3n) is 5.05. The molecule has 0 radical (unpaired) electrons. The van der Waals surface area contributed by atoms with Crippen LogP contribution < -0.4 is 9.47 Å². The van der Waals surface area contributed by atoms with Crippen molar-refractivity contribution in [1.29, 1.82) is 0 Å². The molecule has 30 heavy (non-hydrogen) atoms. The Bertz CT molecular complexity index is 928. The van der Waals surface area contributed by atoms with Gasteiger partial charge in [0.1, 0.15) is 16.5 Å². The predicted octanol–water partition coefficient (Wildman–Crippen LogP) is 3.90. The molecule has 1 aliphatic rings. The zero-order chi connectivity index (χ0) is 20.9. The van der Waals surface area contributed by atoms with Crippen LogP contribution in [0, 0.1) is 0 Å². The number of carbonyl (C=O) groups excluding carboxylic acids is 1. The van der Waals surface area contributed by atoms with E-state index >= 15 is 0 Å². The molecule has 6 nitrogen and oxygen atoms in total. The number of amides is 1. The van der Waals surface area contributed by atoms with Crippen molar-refractivity contribution in [2.75, 3.05) is 40.5 Å². The maximum atomic E-state index is 12.7. The fourth-order valence-corrected chi connectivity index (χ4v) is 4.46. The average molecular weight is 425 g/mol. The van der Waals surface area contributed by atoms with Crippen molar-refractivity contribution in [2.45, 2.75) is 6.42 Å². The van der Waals surface area contributed by atoms with Gasteiger partial charge in [-0.2, -0.15) is 0 Å². The predicted molar refractivity (Wildman–Crippen MR) is 117 cm³/mol. The molecule has 0 spiro atoms. The van der Waals surface area contributed by atoms with Gasteiger partial charge in [0.05, 0.1) is 44.4 Å². The molecule has 7 heteroatoms. The number of ether oxygens (including phenoxy) is 3. The molecule has 4 rings (SSSR count). The first-order valence-electron chi connectivity index (χ1n) is 9.82. The second-order valence-corrected chi connectivity index (χ2v) is 8.00. The summed E-state index contributed by atoms with van der Waals surface area (Å²) in [5.74, 6) is 1.69. The van der Waals surface area contributed by atoms with E-state index in [-0.39, 0.29) is 5.91 Å². The van der Waals surface area contributed by atoms with Crippen LogP contribution in [0.4, 0.5) is 0 Å². The van der Waals surface area contributed by atoms with Crippen molar-refractivity contribution in [3.8, 4) is 33.2 Å². The standard InChI is InChI=1S/C23H24N2O4S/c1-27-18-7-3-16(4-8-18)22-23(17-5-9-19(28-2)10-6-17)30-20(24-22)15-21(26)25-11-13-29-14-12-25/h3-10H,11-15H2,1-2H3. The molecule has 0 unspecified atom stereocenters. The molecule has 1 aromatic heterocycles. The summed E-state index contributed by atoms with van der Waals surface area (Å²) in [7, 11) is 3.30. The summed E-state index contributed by atoms with van der Waals surface area (Å²) in [5.41, 5.74) is 2.91. The first-order valence-corrected chi connectivity index (χ1v) is 10.6. The number of benzene rings is 2. The lowest BCUT2D eigenvalue weighted by Crippen LogP contribution is -2.41. The third kappa shape index (κ3) is 4.47. The van der Waals surface area contributed by atoms with Crippen LogP contribution in [0.15, 0.2) is 48.5 Å². The van der Waals surface area contributed by atoms with Gasteiger partial charge in [0, 0.05) is 18.7 Å². The van der Waals surface area contributed by atoms with E-state index in [0.717, 1.165) is 38.2 Å². The van der Waals surface area contributed by atoms with Crippen molar-refractivity contribution >= 4 is 17.2 Å². The SMILES string of the molecule is COc1ccc(-c2nc(CC(=O)N3CCOCC3)sc2-c2ccc(OC)cc2)cc1. The lowest BCUT2D eigenvalue weighted by molar-refractivity contribution is -0.134. The number of carbonyl (C=O) groups is 1. The van der Waals surface area contributed by atoms with Gasteiger partial charge in [-0.15, -0.1) is 11.3 Å². The van der Waals surface area contributed by atoms with Crippen LogP contribution in [0.1, 0.15) is 5.01 Å². The number of thiazole rings is 1. The Morgan fingerprint density at radius 3 is 2.10 bits per heavy atom. The molecule has 1 amide bonds. The van der Waals surface area contributed by atoms with E-state index in [1.807, 2.05) is 53.4 Å². The second kappa shape index (κ2) is 9.28. The highest BCUT2D eigenvalue weighted by molar-refractivity contribution is 7.15. The number of hydrogen-bond acceptors (Lipinski definition) is 6. The third-order valence-corrected chi connectivity index (χ3v) is 6.16. The van der Waals surface area contributed by atoms with Gasteiger partial charge >= 0.3 is 0 Å². The van der Waals surface area contributed by atoms with Gasteiger partial charge in [-0.05, 0) is 54.1 Å². The van der Waals surface area contributed by atoms with Crippen molar-refractivity contribution in [2.24, 2.45) is 0 Å². The van der Waals surface area contributed by atoms with Crippen molar-refractivity contribution in [1.82, 2.24) is 9.88 Å². The number of morpholine rings is 1. The molecular weight excluding hydrogens is 400 g/mol. The van der Waals surface area contributed by atoms with Crippen molar-refractivity contribution < 1.29 is 19.0 Å². The largest absolute Gasteiger partial charge is 0.497 e. The Hall–Kier alpha value is -2.90. The lowest BCUT2D eigenvalue weighted by Gasteiger charge is -2.26. The maximum absolute atomic E-state index is 12.7. The molecule has 0 bridgehead atoms. The molecule has 1 fully saturated rings. The van der Waals surface area contributed by atoms with E-state index in [1.54, 1.807) is 25.6 Å². The monoisotopic (exact) mass is 424 g/mol. The fraction of sp³-hybridized carbons (Fsp3) is 0.304. The van der Waals surface area contributed by atoms with Crippen LogP contribution in [0.3, 0.4) is 0 Å². The lowest BCUT2D eigenvalue weighted by atomic mass is 10.1. The van der Waals surface area contributed by atoms with Crippen LogP contribution in [-0.4, -0.2) is 56.3 Å². The van der Waals surface area contributed by atoms with Crippen LogP contribution >= 0.6 is 11.3 Å². The minimum atomic E-state index is 0.0922. The van der Waals surface area contributed by atoms with E-state index in [1.165, 1.54) is 0 Å². The Morgan fingerprint density at radius 2 is 1.53 bits per heavy atom. The molecule has 0 N–H and O–H groups in total. The van der Waals surface area contributed by atoms with Crippen LogP contribution in [0.25, 0.3) is 21.7 Å². The summed E-state index contributed by atoms with van der Waals surface area (Å²) in [6.07, 6.45) is 0.296. The van der Waals surface area contributed by atoms with Gasteiger partial charge in [-0.1, -0.05) is 0 Å². The number of methoxy groups -OCH3 is 2. The van der Waals surface area contributed by atoms with Gasteiger partial charge in [-0.25, -0.2) is 4.98 Å². The summed E-state index contributed by atoms with van der Waals surface area (Å²) >= 11 is 1.56. The Balaban J connectivity index is 1.67. The molecule has 0 atom stereocenters. The van der Waals surface area contributed by atoms with Crippen LogP contribution in [0.2, 0.25) is 0 Å². The summed E-state index contributed by atoms with van der Waals surface area (Å²) in [6, 6.07) is 15.7. The van der Waals surface area contributed by atoms with E-state index in [4.69, 9.17) is 19.2 Å². The quantitative estimate of drug-likeness (QED) is 0.601. The summed E-state index contributed by atoms with van der Waals surface area (Å²) in [5, 5.41) is 0.808. The first-order chi connectivity index (χ1) is 14.7. The zero-order valence-corrected chi connectivity index (χ0v) is 17.9. The molecule has 1 saturated heterocycles. The molecule has 2 heterocycles. The number of rotatable bonds is 6. The molecule has 0 saturated carbocycles. The molecule has 0 aliphatic carbocycles. The Kier molecular flexibility index (Phi) is 6.30. The normalized spacial score (nSPS) is 13.9. The van der Waals surface area contributed by atoms with Gasteiger partial charge in [0.15, 0.2) is 0 Å². The van der Waals surface area contributed by atoms with Gasteiger partial charge in [-0.3, -0.25) is 4.79 Å². The number of aromatic nitrogens is 1. The molecule has 1 aliphatic heterocycles. The first kappa shape index (κ1) is 20.4. The highest BCUT2D eigenvalue weighted by atomic mass is 32.1. The molecular formula is C23H24N2O4S. The molecule has 3 aromatic rings. The van der Waals surface area contributed by atoms with Crippen LogP contribution in [0.5, 0.6) is 11.5 Å². The summed E-state index contributed by atoms with van der Waals surface area (Å²) in [4.78, 5) is 20.5. The Morgan fingerprint density at radius 1 is 0.967 bits per heavy atom. The minimum Gasteiger partial charge on any atom is -0.497 e. The van der Waals surface area contributed by atoms with Gasteiger partial charge in [0.2, 0.25) is 5.91 Å². The number of nitrogens with zero attached hydrogens (tertiary/aromatic N) is 2. The molecule has 156 valence electrons. The number of hydrogen-bond donors (Lipinski definition) is 0. The fourth-order valence-electron chi connectivity index (χ4n) is 3.38. The minimum absolute atomic E-state index is 0.0922. The van der Waals surface area contributed by atoms with E-state index in [2.05, 4.69) is 0 Å². The Labute approximate surface area is 180 Å². The summed E-state index contributed by atoms with van der Waals surface area (Å²) < 4.78 is 15.9. The maximum Gasteiger partial charge on any atom is 0.229 e.